The predicted octanol–water partition coefficient (Wildman–Crippen LogP) is 3.33. The maximum absolute atomic E-state index is 8.67. The van der Waals surface area contributed by atoms with Crippen LogP contribution >= 0.6 is 0 Å². The zero-order valence-corrected chi connectivity index (χ0v) is 17.8. The lowest BCUT2D eigenvalue weighted by Gasteiger charge is -2.34. The van der Waals surface area contributed by atoms with E-state index in [4.69, 9.17) is 26.0 Å². The summed E-state index contributed by atoms with van der Waals surface area (Å²) >= 11 is 0. The van der Waals surface area contributed by atoms with Gasteiger partial charge in [-0.3, -0.25) is 15.4 Å². The predicted molar refractivity (Wildman–Crippen MR) is 120 cm³/mol. The number of ether oxygens (including phenoxy) is 2. The van der Waals surface area contributed by atoms with Gasteiger partial charge in [0, 0.05) is 19.1 Å². The summed E-state index contributed by atoms with van der Waals surface area (Å²) in [6, 6.07) is 11.7. The van der Waals surface area contributed by atoms with Gasteiger partial charge in [-0.15, -0.1) is 6.58 Å². The average Bonchev–Trinajstić information content (AvgIpc) is 2.81. The van der Waals surface area contributed by atoms with Crippen molar-refractivity contribution in [3.05, 3.63) is 71.9 Å². The van der Waals surface area contributed by atoms with Crippen LogP contribution in [-0.4, -0.2) is 41.2 Å². The summed E-state index contributed by atoms with van der Waals surface area (Å²) in [7, 11) is 0. The van der Waals surface area contributed by atoms with Gasteiger partial charge in [0.15, 0.2) is 0 Å². The van der Waals surface area contributed by atoms with Gasteiger partial charge in [0.25, 0.3) is 0 Å². The fourth-order valence-corrected chi connectivity index (χ4v) is 4.39. The highest BCUT2D eigenvalue weighted by atomic mass is 16.5. The number of rotatable bonds is 5. The standard InChI is InChI=1S/C24H31N5O2/c1-2-15-30-17-11-13-28(14-12-17)24(27)29-16-18(7-10-23(29)26)31-22-9-8-21(25)19-5-3-4-6-20(19)22/h2-7,10,16-17,21-22,26-27H,1,8-9,11-15,25H2/t21-,22+/m0/s1. The lowest BCUT2D eigenvalue weighted by Crippen LogP contribution is -2.45. The molecule has 1 aromatic carbocycles. The molecule has 7 heteroatoms. The first-order valence-electron chi connectivity index (χ1n) is 10.9. The van der Waals surface area contributed by atoms with Gasteiger partial charge in [0.1, 0.15) is 17.3 Å². The summed E-state index contributed by atoms with van der Waals surface area (Å²) in [5.41, 5.74) is 8.79. The highest BCUT2D eigenvalue weighted by Gasteiger charge is 2.27. The number of aromatic nitrogens is 1. The first-order chi connectivity index (χ1) is 15.1. The third-order valence-corrected chi connectivity index (χ3v) is 6.10. The maximum atomic E-state index is 8.67. The van der Waals surface area contributed by atoms with E-state index >= 15 is 0 Å². The molecule has 1 saturated heterocycles. The van der Waals surface area contributed by atoms with Gasteiger partial charge in [0.2, 0.25) is 5.96 Å². The summed E-state index contributed by atoms with van der Waals surface area (Å²) in [5, 5.41) is 17.0. The molecule has 1 aromatic heterocycles. The molecule has 0 amide bonds. The quantitative estimate of drug-likeness (QED) is 0.392. The average molecular weight is 422 g/mol. The summed E-state index contributed by atoms with van der Waals surface area (Å²) < 4.78 is 13.6. The Bertz CT molecular complexity index is 993. The van der Waals surface area contributed by atoms with E-state index in [9.17, 15) is 0 Å². The molecule has 7 nitrogen and oxygen atoms in total. The molecule has 2 heterocycles. The molecule has 2 atom stereocenters. The molecule has 0 saturated carbocycles. The monoisotopic (exact) mass is 421 g/mol. The van der Waals surface area contributed by atoms with Crippen molar-refractivity contribution >= 4 is 5.96 Å². The van der Waals surface area contributed by atoms with Gasteiger partial charge in [-0.2, -0.15) is 0 Å². The van der Waals surface area contributed by atoms with Crippen LogP contribution in [-0.2, 0) is 4.74 Å². The van der Waals surface area contributed by atoms with Crippen LogP contribution in [0.4, 0.5) is 0 Å². The van der Waals surface area contributed by atoms with Crippen molar-refractivity contribution in [3.8, 4) is 5.75 Å². The van der Waals surface area contributed by atoms with E-state index in [-0.39, 0.29) is 23.7 Å². The van der Waals surface area contributed by atoms with Crippen molar-refractivity contribution < 1.29 is 9.47 Å². The second kappa shape index (κ2) is 9.49. The molecule has 4 N–H and O–H groups in total. The van der Waals surface area contributed by atoms with Crippen molar-refractivity contribution in [1.29, 1.82) is 10.8 Å². The number of nitrogens with zero attached hydrogens (tertiary/aromatic N) is 2. The molecule has 0 spiro atoms. The summed E-state index contributed by atoms with van der Waals surface area (Å²) in [5.74, 6) is 0.948. The van der Waals surface area contributed by atoms with Gasteiger partial charge in [0.05, 0.1) is 18.9 Å². The van der Waals surface area contributed by atoms with Gasteiger partial charge >= 0.3 is 0 Å². The Morgan fingerprint density at radius 1 is 1.10 bits per heavy atom. The van der Waals surface area contributed by atoms with Crippen LogP contribution in [0.1, 0.15) is 49.0 Å². The molecule has 0 unspecified atom stereocenters. The zero-order chi connectivity index (χ0) is 21.8. The van der Waals surface area contributed by atoms with E-state index in [1.54, 1.807) is 29.0 Å². The van der Waals surface area contributed by atoms with Crippen LogP contribution in [0.3, 0.4) is 0 Å². The second-order valence-corrected chi connectivity index (χ2v) is 8.17. The van der Waals surface area contributed by atoms with Crippen LogP contribution in [0.25, 0.3) is 0 Å². The summed E-state index contributed by atoms with van der Waals surface area (Å²) in [6.45, 7) is 5.71. The molecule has 2 aromatic rings. The number of benzene rings is 1. The lowest BCUT2D eigenvalue weighted by atomic mass is 9.86. The molecule has 0 bridgehead atoms. The minimum absolute atomic E-state index is 0.0446. The molecule has 164 valence electrons. The second-order valence-electron chi connectivity index (χ2n) is 8.17. The van der Waals surface area contributed by atoms with Crippen molar-refractivity contribution in [2.24, 2.45) is 5.73 Å². The Labute approximate surface area is 183 Å². The first kappa shape index (κ1) is 21.3. The molecule has 4 rings (SSSR count). The van der Waals surface area contributed by atoms with Crippen molar-refractivity contribution in [1.82, 2.24) is 9.47 Å². The van der Waals surface area contributed by atoms with Crippen molar-refractivity contribution in [2.75, 3.05) is 19.7 Å². The van der Waals surface area contributed by atoms with E-state index in [0.29, 0.717) is 18.3 Å². The van der Waals surface area contributed by atoms with E-state index < -0.39 is 0 Å². The Hall–Kier alpha value is -2.90. The highest BCUT2D eigenvalue weighted by Crippen LogP contribution is 2.37. The number of hydrogen-bond donors (Lipinski definition) is 3. The summed E-state index contributed by atoms with van der Waals surface area (Å²) in [4.78, 5) is 1.99. The van der Waals surface area contributed by atoms with Crippen molar-refractivity contribution in [2.45, 2.75) is 43.9 Å². The van der Waals surface area contributed by atoms with Crippen LogP contribution in [0, 0.1) is 10.8 Å². The SMILES string of the molecule is C=CCOC1CCN(C(=N)n2cc(O[C@@H]3CC[C@H](N)c4ccccc43)ccc2=N)CC1. The number of hydrogen-bond acceptors (Lipinski definition) is 5. The van der Waals surface area contributed by atoms with E-state index in [1.165, 1.54) is 0 Å². The van der Waals surface area contributed by atoms with Crippen molar-refractivity contribution in [3.63, 3.8) is 0 Å². The fraction of sp³-hybridized carbons (Fsp3) is 0.417. The van der Waals surface area contributed by atoms with Crippen LogP contribution < -0.4 is 16.0 Å². The maximum Gasteiger partial charge on any atom is 0.203 e. The molecular formula is C24H31N5O2. The number of pyridine rings is 1. The Morgan fingerprint density at radius 2 is 1.84 bits per heavy atom. The van der Waals surface area contributed by atoms with Gasteiger partial charge in [-0.1, -0.05) is 30.3 Å². The lowest BCUT2D eigenvalue weighted by molar-refractivity contribution is 0.0352. The van der Waals surface area contributed by atoms with Crippen LogP contribution in [0.2, 0.25) is 0 Å². The number of fused-ring (bicyclic) bond motifs is 1. The van der Waals surface area contributed by atoms with Gasteiger partial charge < -0.3 is 20.1 Å². The Kier molecular flexibility index (Phi) is 6.53. The first-order valence-corrected chi connectivity index (χ1v) is 10.9. The normalized spacial score (nSPS) is 21.4. The Morgan fingerprint density at radius 3 is 2.58 bits per heavy atom. The van der Waals surface area contributed by atoms with Gasteiger partial charge in [-0.05, 0) is 48.9 Å². The molecule has 2 aliphatic rings. The minimum Gasteiger partial charge on any atom is -0.484 e. The minimum atomic E-state index is -0.0760. The third kappa shape index (κ3) is 4.73. The topological polar surface area (TPSA) is 100 Å². The molecule has 31 heavy (non-hydrogen) atoms. The van der Waals surface area contributed by atoms with E-state index in [0.717, 1.165) is 49.9 Å². The van der Waals surface area contributed by atoms with E-state index in [2.05, 4.69) is 18.7 Å². The van der Waals surface area contributed by atoms with Gasteiger partial charge in [-0.25, -0.2) is 0 Å². The molecule has 1 aliphatic carbocycles. The highest BCUT2D eigenvalue weighted by molar-refractivity contribution is 5.79. The number of nitrogens with one attached hydrogen (secondary N) is 2. The zero-order valence-electron chi connectivity index (χ0n) is 17.8. The number of likely N-dealkylation sites (tertiary alicyclic amines) is 1. The van der Waals surface area contributed by atoms with Crippen LogP contribution in [0.15, 0.2) is 55.3 Å². The molecule has 0 radical (unpaired) electrons. The molecule has 1 fully saturated rings. The van der Waals surface area contributed by atoms with E-state index in [1.807, 2.05) is 17.0 Å². The number of nitrogens with two attached hydrogens (primary N) is 1. The molecular weight excluding hydrogens is 390 g/mol. The Balaban J connectivity index is 1.47. The van der Waals surface area contributed by atoms with Crippen LogP contribution in [0.5, 0.6) is 5.75 Å². The number of piperidine rings is 1. The smallest absolute Gasteiger partial charge is 0.203 e. The molecule has 1 aliphatic heterocycles. The fourth-order valence-electron chi connectivity index (χ4n) is 4.39. The third-order valence-electron chi connectivity index (χ3n) is 6.10. The largest absolute Gasteiger partial charge is 0.484 e. The summed E-state index contributed by atoms with van der Waals surface area (Å²) in [6.07, 6.45) is 7.08.